The Morgan fingerprint density at radius 3 is 2.06 bits per heavy atom. The van der Waals surface area contributed by atoms with Crippen LogP contribution in [0.2, 0.25) is 0 Å². The van der Waals surface area contributed by atoms with E-state index in [2.05, 4.69) is 61.5 Å². The van der Waals surface area contributed by atoms with Gasteiger partial charge in [0.15, 0.2) is 0 Å². The fourth-order valence-corrected chi connectivity index (χ4v) is 2.13. The molecule has 0 saturated carbocycles. The van der Waals surface area contributed by atoms with Gasteiger partial charge in [0.25, 0.3) is 0 Å². The van der Waals surface area contributed by atoms with Crippen molar-refractivity contribution in [1.82, 2.24) is 0 Å². The largest absolute Gasteiger partial charge is 0.0776 e. The lowest BCUT2D eigenvalue weighted by Gasteiger charge is -2.04. The van der Waals surface area contributed by atoms with Gasteiger partial charge in [0.05, 0.1) is 0 Å². The second-order valence-corrected chi connectivity index (χ2v) is 4.01. The fourth-order valence-electron chi connectivity index (χ4n) is 2.13. The van der Waals surface area contributed by atoms with Gasteiger partial charge in [0.1, 0.15) is 0 Å². The second-order valence-electron chi connectivity index (χ2n) is 4.01. The van der Waals surface area contributed by atoms with Gasteiger partial charge in [-0.3, -0.25) is 0 Å². The topological polar surface area (TPSA) is 0 Å². The molecule has 0 saturated heterocycles. The molecular weight excluding hydrogens is 216 g/mol. The van der Waals surface area contributed by atoms with Crippen LogP contribution >= 0.6 is 0 Å². The van der Waals surface area contributed by atoms with E-state index in [0.717, 1.165) is 0 Å². The molecule has 0 aliphatic rings. The normalized spacial score (nSPS) is 9.50. The van der Waals surface area contributed by atoms with Crippen LogP contribution < -0.4 is 0 Å². The Kier molecular flexibility index (Phi) is 4.91. The van der Waals surface area contributed by atoms with Gasteiger partial charge >= 0.3 is 0 Å². The number of fused-ring (bicyclic) bond motifs is 3. The SMILES string of the molecule is C.CC.Cc1ccc2c(ccc3ccccc32)c1. The van der Waals surface area contributed by atoms with Crippen molar-refractivity contribution >= 4 is 21.5 Å². The predicted molar refractivity (Wildman–Crippen MR) is 84.3 cm³/mol. The van der Waals surface area contributed by atoms with Crippen molar-refractivity contribution in [3.63, 3.8) is 0 Å². The standard InChI is InChI=1S/C15H12.C2H6.CH4/c1-11-6-9-15-13(10-11)8-7-12-4-2-3-5-14(12)15;1-2;/h2-10H,1H3;1-2H3;1H4. The van der Waals surface area contributed by atoms with Gasteiger partial charge in [-0.25, -0.2) is 0 Å². The van der Waals surface area contributed by atoms with E-state index >= 15 is 0 Å². The molecule has 0 fully saturated rings. The van der Waals surface area contributed by atoms with Crippen LogP contribution in [0.3, 0.4) is 0 Å². The maximum Gasteiger partial charge on any atom is -0.0105 e. The van der Waals surface area contributed by atoms with Gasteiger partial charge in [-0.15, -0.1) is 0 Å². The van der Waals surface area contributed by atoms with Crippen LogP contribution in [0.1, 0.15) is 26.8 Å². The average molecular weight is 238 g/mol. The third-order valence-electron chi connectivity index (χ3n) is 2.90. The summed E-state index contributed by atoms with van der Waals surface area (Å²) in [6, 6.07) is 19.6. The molecule has 0 heteroatoms. The fraction of sp³-hybridized carbons (Fsp3) is 0.222. The lowest BCUT2D eigenvalue weighted by Crippen LogP contribution is -1.78. The number of rotatable bonds is 0. The van der Waals surface area contributed by atoms with Crippen LogP contribution in [-0.2, 0) is 0 Å². The molecule has 94 valence electrons. The van der Waals surface area contributed by atoms with Gasteiger partial charge in [0, 0.05) is 0 Å². The first-order chi connectivity index (χ1) is 8.34. The molecule has 3 rings (SSSR count). The molecule has 0 N–H and O–H groups in total. The first kappa shape index (κ1) is 14.2. The second kappa shape index (κ2) is 6.20. The van der Waals surface area contributed by atoms with E-state index in [-0.39, 0.29) is 7.43 Å². The quantitative estimate of drug-likeness (QED) is 0.424. The highest BCUT2D eigenvalue weighted by molar-refractivity contribution is 6.07. The van der Waals surface area contributed by atoms with Crippen molar-refractivity contribution in [2.24, 2.45) is 0 Å². The molecule has 0 aromatic heterocycles. The Labute approximate surface area is 110 Å². The van der Waals surface area contributed by atoms with Crippen molar-refractivity contribution < 1.29 is 0 Å². The Hall–Kier alpha value is -1.82. The number of aryl methyl sites for hydroxylation is 1. The molecule has 0 bridgehead atoms. The minimum atomic E-state index is 0. The zero-order valence-electron chi connectivity index (χ0n) is 10.7. The Morgan fingerprint density at radius 1 is 0.667 bits per heavy atom. The van der Waals surface area contributed by atoms with Crippen LogP contribution in [0.15, 0.2) is 54.6 Å². The molecule has 0 heterocycles. The van der Waals surface area contributed by atoms with Gasteiger partial charge in [-0.05, 0) is 28.5 Å². The van der Waals surface area contributed by atoms with Gasteiger partial charge in [0.2, 0.25) is 0 Å². The van der Waals surface area contributed by atoms with Crippen molar-refractivity contribution in [2.75, 3.05) is 0 Å². The Bertz CT molecular complexity index is 636. The summed E-state index contributed by atoms with van der Waals surface area (Å²) in [5.41, 5.74) is 1.32. The summed E-state index contributed by atoms with van der Waals surface area (Å²) in [7, 11) is 0. The maximum absolute atomic E-state index is 2.24. The van der Waals surface area contributed by atoms with Crippen LogP contribution in [0.4, 0.5) is 0 Å². The van der Waals surface area contributed by atoms with Crippen LogP contribution in [0.5, 0.6) is 0 Å². The molecule has 0 nitrogen and oxygen atoms in total. The summed E-state index contributed by atoms with van der Waals surface area (Å²) in [4.78, 5) is 0. The number of hydrogen-bond acceptors (Lipinski definition) is 0. The van der Waals surface area contributed by atoms with Gasteiger partial charge < -0.3 is 0 Å². The highest BCUT2D eigenvalue weighted by Crippen LogP contribution is 2.25. The molecule has 0 atom stereocenters. The third kappa shape index (κ3) is 2.53. The Balaban J connectivity index is 0.000000516. The van der Waals surface area contributed by atoms with E-state index in [0.29, 0.717) is 0 Å². The molecule has 0 amide bonds. The Morgan fingerprint density at radius 2 is 1.28 bits per heavy atom. The summed E-state index contributed by atoms with van der Waals surface area (Å²) in [6.07, 6.45) is 0. The van der Waals surface area contributed by atoms with Crippen LogP contribution in [0, 0.1) is 6.92 Å². The van der Waals surface area contributed by atoms with Gasteiger partial charge in [-0.1, -0.05) is 81.4 Å². The summed E-state index contributed by atoms with van der Waals surface area (Å²) in [6.45, 7) is 6.13. The zero-order chi connectivity index (χ0) is 12.3. The molecule has 3 aromatic carbocycles. The molecule has 0 spiro atoms. The highest BCUT2D eigenvalue weighted by atomic mass is 14.0. The van der Waals surface area contributed by atoms with E-state index in [1.165, 1.54) is 27.1 Å². The third-order valence-corrected chi connectivity index (χ3v) is 2.90. The maximum atomic E-state index is 2.24. The van der Waals surface area contributed by atoms with Gasteiger partial charge in [-0.2, -0.15) is 0 Å². The monoisotopic (exact) mass is 238 g/mol. The average Bonchev–Trinajstić information content (AvgIpc) is 2.40. The molecule has 0 unspecified atom stereocenters. The molecule has 0 aliphatic heterocycles. The number of hydrogen-bond donors (Lipinski definition) is 0. The summed E-state index contributed by atoms with van der Waals surface area (Å²) >= 11 is 0. The van der Waals surface area contributed by atoms with Crippen molar-refractivity contribution in [2.45, 2.75) is 28.2 Å². The summed E-state index contributed by atoms with van der Waals surface area (Å²) < 4.78 is 0. The lowest BCUT2D eigenvalue weighted by atomic mass is 10.0. The van der Waals surface area contributed by atoms with E-state index in [9.17, 15) is 0 Å². The first-order valence-electron chi connectivity index (χ1n) is 6.23. The van der Waals surface area contributed by atoms with Crippen molar-refractivity contribution in [3.05, 3.63) is 60.2 Å². The van der Waals surface area contributed by atoms with Crippen LogP contribution in [0.25, 0.3) is 21.5 Å². The van der Waals surface area contributed by atoms with Crippen molar-refractivity contribution in [3.8, 4) is 0 Å². The first-order valence-corrected chi connectivity index (χ1v) is 6.23. The minimum Gasteiger partial charge on any atom is -0.0776 e. The van der Waals surface area contributed by atoms with E-state index in [1.54, 1.807) is 0 Å². The smallest absolute Gasteiger partial charge is 0.0105 e. The molecule has 0 aliphatic carbocycles. The van der Waals surface area contributed by atoms with E-state index in [4.69, 9.17) is 0 Å². The number of benzene rings is 3. The predicted octanol–water partition coefficient (Wildman–Crippen LogP) is 5.96. The molecule has 18 heavy (non-hydrogen) atoms. The summed E-state index contributed by atoms with van der Waals surface area (Å²) in [5.74, 6) is 0. The highest BCUT2D eigenvalue weighted by Gasteiger charge is 1.98. The van der Waals surface area contributed by atoms with Crippen molar-refractivity contribution in [1.29, 1.82) is 0 Å². The van der Waals surface area contributed by atoms with E-state index < -0.39 is 0 Å². The van der Waals surface area contributed by atoms with Crippen LogP contribution in [-0.4, -0.2) is 0 Å². The molecular formula is C18H22. The van der Waals surface area contributed by atoms with E-state index in [1.807, 2.05) is 13.8 Å². The molecule has 3 aromatic rings. The minimum absolute atomic E-state index is 0. The lowest BCUT2D eigenvalue weighted by molar-refractivity contribution is 1.50. The zero-order valence-corrected chi connectivity index (χ0v) is 10.7. The summed E-state index contributed by atoms with van der Waals surface area (Å²) in [5, 5.41) is 5.33. The molecule has 0 radical (unpaired) electrons.